The molecule has 0 bridgehead atoms. The highest BCUT2D eigenvalue weighted by atomic mass is 32.1. The summed E-state index contributed by atoms with van der Waals surface area (Å²) >= 11 is 1.67. The highest BCUT2D eigenvalue weighted by molar-refractivity contribution is 7.07. The molecule has 0 aliphatic rings. The molecule has 0 aliphatic carbocycles. The Balaban J connectivity index is 2.10. The van der Waals surface area contributed by atoms with Gasteiger partial charge in [-0.2, -0.15) is 0 Å². The van der Waals surface area contributed by atoms with Gasteiger partial charge in [-0.05, 0) is 36.6 Å². The van der Waals surface area contributed by atoms with Crippen LogP contribution in [0.2, 0.25) is 0 Å². The lowest BCUT2D eigenvalue weighted by molar-refractivity contribution is 0.162. The van der Waals surface area contributed by atoms with Crippen LogP contribution in [0.1, 0.15) is 25.5 Å². The van der Waals surface area contributed by atoms with Gasteiger partial charge >= 0.3 is 0 Å². The third-order valence-electron chi connectivity index (χ3n) is 4.23. The number of methoxy groups -OCH3 is 1. The zero-order valence-electron chi connectivity index (χ0n) is 15.0. The van der Waals surface area contributed by atoms with Crippen LogP contribution in [0.3, 0.4) is 0 Å². The minimum absolute atomic E-state index is 0.208. The minimum Gasteiger partial charge on any atom is -0.383 e. The Labute approximate surface area is 153 Å². The molecule has 2 aromatic carbocycles. The first-order chi connectivity index (χ1) is 12.2. The van der Waals surface area contributed by atoms with Crippen molar-refractivity contribution in [3.05, 3.63) is 70.3 Å². The molecule has 0 N–H and O–H groups in total. The van der Waals surface area contributed by atoms with Gasteiger partial charge in [0.1, 0.15) is 0 Å². The molecule has 0 radical (unpaired) electrons. The molecule has 1 unspecified atom stereocenters. The molecule has 3 rings (SSSR count). The van der Waals surface area contributed by atoms with Gasteiger partial charge in [0.15, 0.2) is 4.80 Å². The largest absolute Gasteiger partial charge is 0.383 e. The summed E-state index contributed by atoms with van der Waals surface area (Å²) in [5.41, 5.74) is 4.72. The maximum absolute atomic E-state index is 5.40. The minimum atomic E-state index is 0.208. The molecular weight excluding hydrogens is 328 g/mol. The molecule has 1 atom stereocenters. The third kappa shape index (κ3) is 4.09. The summed E-state index contributed by atoms with van der Waals surface area (Å²) in [5, 5.41) is 2.19. The van der Waals surface area contributed by atoms with Crippen molar-refractivity contribution in [3.8, 4) is 11.3 Å². The van der Waals surface area contributed by atoms with Crippen molar-refractivity contribution in [2.24, 2.45) is 4.99 Å². The van der Waals surface area contributed by atoms with E-state index in [1.165, 1.54) is 16.8 Å². The van der Waals surface area contributed by atoms with E-state index in [1.807, 2.05) is 30.3 Å². The van der Waals surface area contributed by atoms with Crippen LogP contribution < -0.4 is 4.80 Å². The summed E-state index contributed by atoms with van der Waals surface area (Å²) in [6.45, 7) is 5.00. The lowest BCUT2D eigenvalue weighted by Gasteiger charge is -2.16. The standard InChI is InChI=1S/C21H24N2OS/c1-4-17-10-12-18(13-11-17)20-15-25-21(23(20)16(2)14-24-3)22-19-8-6-5-7-9-19/h5-13,15-16H,4,14H2,1-3H3. The Kier molecular flexibility index (Phi) is 5.84. The Morgan fingerprint density at radius 3 is 2.44 bits per heavy atom. The first-order valence-electron chi connectivity index (χ1n) is 8.61. The molecule has 0 saturated carbocycles. The van der Waals surface area contributed by atoms with Gasteiger partial charge in [-0.15, -0.1) is 11.3 Å². The van der Waals surface area contributed by atoms with Crippen LogP contribution >= 0.6 is 11.3 Å². The fourth-order valence-electron chi connectivity index (χ4n) is 2.88. The van der Waals surface area contributed by atoms with Crippen molar-refractivity contribution in [1.29, 1.82) is 0 Å². The van der Waals surface area contributed by atoms with Crippen LogP contribution in [0.25, 0.3) is 11.3 Å². The van der Waals surface area contributed by atoms with Crippen LogP contribution in [0.15, 0.2) is 65.0 Å². The van der Waals surface area contributed by atoms with Gasteiger partial charge < -0.3 is 9.30 Å². The number of thiazole rings is 1. The number of rotatable bonds is 6. The summed E-state index contributed by atoms with van der Waals surface area (Å²) in [6, 6.07) is 19.1. The van der Waals surface area contributed by atoms with Crippen LogP contribution in [0, 0.1) is 0 Å². The Morgan fingerprint density at radius 1 is 1.08 bits per heavy atom. The van der Waals surface area contributed by atoms with Gasteiger partial charge in [0.25, 0.3) is 0 Å². The lowest BCUT2D eigenvalue weighted by atomic mass is 10.1. The zero-order valence-corrected chi connectivity index (χ0v) is 15.8. The van der Waals surface area contributed by atoms with Crippen molar-refractivity contribution >= 4 is 17.0 Å². The third-order valence-corrected chi connectivity index (χ3v) is 5.07. The number of nitrogens with zero attached hydrogens (tertiary/aromatic N) is 2. The van der Waals surface area contributed by atoms with Gasteiger partial charge in [0.05, 0.1) is 24.0 Å². The number of benzene rings is 2. The topological polar surface area (TPSA) is 26.5 Å². The Hall–Kier alpha value is -2.17. The van der Waals surface area contributed by atoms with E-state index in [4.69, 9.17) is 9.73 Å². The molecule has 4 heteroatoms. The monoisotopic (exact) mass is 352 g/mol. The summed E-state index contributed by atoms with van der Waals surface area (Å²) in [7, 11) is 1.74. The number of ether oxygens (including phenoxy) is 1. The highest BCUT2D eigenvalue weighted by Gasteiger charge is 2.14. The number of aryl methyl sites for hydroxylation is 1. The lowest BCUT2D eigenvalue weighted by Crippen LogP contribution is -2.22. The van der Waals surface area contributed by atoms with E-state index >= 15 is 0 Å². The van der Waals surface area contributed by atoms with E-state index in [2.05, 4.69) is 48.1 Å². The second kappa shape index (κ2) is 8.28. The van der Waals surface area contributed by atoms with Crippen LogP contribution in [0.5, 0.6) is 0 Å². The zero-order chi connectivity index (χ0) is 17.6. The molecule has 0 saturated heterocycles. The van der Waals surface area contributed by atoms with Gasteiger partial charge in [0.2, 0.25) is 0 Å². The number of aromatic nitrogens is 1. The first kappa shape index (κ1) is 17.6. The predicted molar refractivity (Wildman–Crippen MR) is 105 cm³/mol. The van der Waals surface area contributed by atoms with E-state index in [1.54, 1.807) is 18.4 Å². The van der Waals surface area contributed by atoms with Gasteiger partial charge in [-0.1, -0.05) is 49.4 Å². The quantitative estimate of drug-likeness (QED) is 0.597. The average Bonchev–Trinajstić information content (AvgIpc) is 3.06. The number of hydrogen-bond acceptors (Lipinski definition) is 3. The van der Waals surface area contributed by atoms with Crippen LogP contribution in [-0.2, 0) is 11.2 Å². The Bertz CT molecular complexity index is 863. The van der Waals surface area contributed by atoms with Crippen LogP contribution in [-0.4, -0.2) is 18.3 Å². The summed E-state index contributed by atoms with van der Waals surface area (Å²) in [6.07, 6.45) is 1.05. The molecule has 0 aliphatic heterocycles. The summed E-state index contributed by atoms with van der Waals surface area (Å²) < 4.78 is 7.68. The maximum atomic E-state index is 5.40. The normalized spacial score (nSPS) is 13.2. The van der Waals surface area contributed by atoms with Crippen molar-refractivity contribution in [1.82, 2.24) is 4.57 Å². The van der Waals surface area contributed by atoms with Crippen molar-refractivity contribution in [2.45, 2.75) is 26.3 Å². The van der Waals surface area contributed by atoms with Gasteiger partial charge in [0, 0.05) is 12.5 Å². The number of para-hydroxylation sites is 1. The smallest absolute Gasteiger partial charge is 0.190 e. The van der Waals surface area contributed by atoms with E-state index in [9.17, 15) is 0 Å². The van der Waals surface area contributed by atoms with Crippen molar-refractivity contribution in [2.75, 3.05) is 13.7 Å². The predicted octanol–water partition coefficient (Wildman–Crippen LogP) is 5.22. The summed E-state index contributed by atoms with van der Waals surface area (Å²) in [5.74, 6) is 0. The second-order valence-corrected chi connectivity index (χ2v) is 6.91. The van der Waals surface area contributed by atoms with Gasteiger partial charge in [-0.3, -0.25) is 0 Å². The average molecular weight is 353 g/mol. The van der Waals surface area contributed by atoms with Crippen molar-refractivity contribution in [3.63, 3.8) is 0 Å². The molecule has 130 valence electrons. The summed E-state index contributed by atoms with van der Waals surface area (Å²) in [4.78, 5) is 5.84. The van der Waals surface area contributed by atoms with E-state index in [0.29, 0.717) is 6.61 Å². The van der Waals surface area contributed by atoms with Crippen LogP contribution in [0.4, 0.5) is 5.69 Å². The molecule has 3 aromatic rings. The molecule has 0 fully saturated rings. The second-order valence-electron chi connectivity index (χ2n) is 6.08. The molecule has 1 aromatic heterocycles. The fraction of sp³-hybridized carbons (Fsp3) is 0.286. The van der Waals surface area contributed by atoms with E-state index in [0.717, 1.165) is 16.9 Å². The molecule has 1 heterocycles. The SMILES string of the molecule is CCc1ccc(-c2csc(=Nc3ccccc3)n2C(C)COC)cc1. The highest BCUT2D eigenvalue weighted by Crippen LogP contribution is 2.24. The first-order valence-corrected chi connectivity index (χ1v) is 9.49. The van der Waals surface area contributed by atoms with Crippen molar-refractivity contribution < 1.29 is 4.74 Å². The van der Waals surface area contributed by atoms with Gasteiger partial charge in [-0.25, -0.2) is 4.99 Å². The maximum Gasteiger partial charge on any atom is 0.190 e. The molecule has 0 amide bonds. The number of hydrogen-bond donors (Lipinski definition) is 0. The molecule has 25 heavy (non-hydrogen) atoms. The fourth-order valence-corrected chi connectivity index (χ4v) is 3.90. The Morgan fingerprint density at radius 2 is 1.80 bits per heavy atom. The molecule has 3 nitrogen and oxygen atoms in total. The molecule has 0 spiro atoms. The van der Waals surface area contributed by atoms with E-state index < -0.39 is 0 Å². The molecular formula is C21H24N2OS. The van der Waals surface area contributed by atoms with E-state index in [-0.39, 0.29) is 6.04 Å².